The van der Waals surface area contributed by atoms with Crippen molar-refractivity contribution in [1.29, 1.82) is 0 Å². The molecule has 32 heavy (non-hydrogen) atoms. The quantitative estimate of drug-likeness (QED) is 0.492. The summed E-state index contributed by atoms with van der Waals surface area (Å²) < 4.78 is 3.85. The van der Waals surface area contributed by atoms with Gasteiger partial charge >= 0.3 is 0 Å². The summed E-state index contributed by atoms with van der Waals surface area (Å²) in [5.74, 6) is -0.754. The Hall–Kier alpha value is -3.65. The number of carbonyl (C=O) groups excluding carboxylic acids is 2. The van der Waals surface area contributed by atoms with Gasteiger partial charge in [0.1, 0.15) is 0 Å². The Morgan fingerprint density at radius 2 is 1.75 bits per heavy atom. The molecule has 0 radical (unpaired) electrons. The molecule has 4 aromatic rings. The van der Waals surface area contributed by atoms with E-state index in [1.54, 1.807) is 29.8 Å². The van der Waals surface area contributed by atoms with Gasteiger partial charge in [0.2, 0.25) is 5.91 Å². The average molecular weight is 446 g/mol. The lowest BCUT2D eigenvalue weighted by Crippen LogP contribution is -2.50. The van der Waals surface area contributed by atoms with Crippen LogP contribution in [0.2, 0.25) is 0 Å². The van der Waals surface area contributed by atoms with Crippen molar-refractivity contribution in [2.45, 2.75) is 32.4 Å². The van der Waals surface area contributed by atoms with E-state index in [0.29, 0.717) is 11.4 Å². The van der Waals surface area contributed by atoms with Crippen LogP contribution in [0.25, 0.3) is 10.8 Å². The van der Waals surface area contributed by atoms with Gasteiger partial charge in [0, 0.05) is 22.5 Å². The highest BCUT2D eigenvalue weighted by Gasteiger charge is 2.37. The normalized spacial score (nSPS) is 12.3. The van der Waals surface area contributed by atoms with Crippen LogP contribution in [0.15, 0.2) is 72.2 Å². The number of pyridine rings is 1. The van der Waals surface area contributed by atoms with Crippen LogP contribution in [-0.2, 0) is 4.79 Å². The highest BCUT2D eigenvalue weighted by molar-refractivity contribution is 7.03. The van der Waals surface area contributed by atoms with Gasteiger partial charge in [-0.3, -0.25) is 19.5 Å². The van der Waals surface area contributed by atoms with Crippen LogP contribution >= 0.6 is 11.5 Å². The van der Waals surface area contributed by atoms with E-state index >= 15 is 0 Å². The molecule has 2 aromatic carbocycles. The lowest BCUT2D eigenvalue weighted by Gasteiger charge is -2.33. The Morgan fingerprint density at radius 3 is 2.44 bits per heavy atom. The van der Waals surface area contributed by atoms with E-state index in [2.05, 4.69) is 19.9 Å². The molecule has 2 amide bonds. The first-order valence-corrected chi connectivity index (χ1v) is 11.0. The number of hydrogen-bond donors (Lipinski definition) is 1. The third-order valence-corrected chi connectivity index (χ3v) is 5.30. The minimum atomic E-state index is -1.00. The van der Waals surface area contributed by atoms with E-state index in [0.717, 1.165) is 22.3 Å². The van der Waals surface area contributed by atoms with Gasteiger partial charge in [-0.25, -0.2) is 0 Å². The zero-order valence-corrected chi connectivity index (χ0v) is 18.8. The largest absolute Gasteiger partial charge is 0.349 e. The molecule has 2 aromatic heterocycles. The maximum absolute atomic E-state index is 13.8. The van der Waals surface area contributed by atoms with Crippen molar-refractivity contribution in [3.63, 3.8) is 0 Å². The van der Waals surface area contributed by atoms with Gasteiger partial charge in [-0.15, -0.1) is 5.10 Å². The Morgan fingerprint density at radius 1 is 1.00 bits per heavy atom. The van der Waals surface area contributed by atoms with E-state index in [9.17, 15) is 9.59 Å². The fourth-order valence-corrected chi connectivity index (χ4v) is 3.95. The first-order chi connectivity index (χ1) is 15.3. The number of nitrogens with zero attached hydrogens (tertiary/aromatic N) is 4. The number of fused-ring (bicyclic) bond motifs is 1. The number of aromatic nitrogens is 3. The molecule has 0 spiro atoms. The molecule has 0 unspecified atom stereocenters. The average Bonchev–Trinajstić information content (AvgIpc) is 3.31. The topological polar surface area (TPSA) is 88.1 Å². The van der Waals surface area contributed by atoms with Crippen molar-refractivity contribution in [1.82, 2.24) is 19.9 Å². The molecule has 162 valence electrons. The van der Waals surface area contributed by atoms with Gasteiger partial charge in [0.15, 0.2) is 11.7 Å². The first-order valence-electron chi connectivity index (χ1n) is 10.2. The smallest absolute Gasteiger partial charge is 0.280 e. The summed E-state index contributed by atoms with van der Waals surface area (Å²) in [7, 11) is 0. The molecule has 1 N–H and O–H groups in total. The fraction of sp³-hybridized carbons (Fsp3) is 0.208. The summed E-state index contributed by atoms with van der Waals surface area (Å²) in [4.78, 5) is 33.3. The van der Waals surface area contributed by atoms with E-state index in [1.807, 2.05) is 63.2 Å². The number of amides is 2. The number of nitrogens with one attached hydrogen (secondary N) is 1. The summed E-state index contributed by atoms with van der Waals surface area (Å²) in [6.45, 7) is 5.69. The van der Waals surface area contributed by atoms with Crippen molar-refractivity contribution < 1.29 is 9.59 Å². The standard InChI is InChI=1S/C24H23N5O2S/c1-24(2,3)26-22(30)21(18-12-6-7-14-25-18)29(23(31)19-15-32-28-27-19)20-13-8-10-16-9-4-5-11-17(16)20/h4-15,21H,1-3H3,(H,26,30)/t21-/m0/s1. The third kappa shape index (κ3) is 4.50. The second-order valence-corrected chi connectivity index (χ2v) is 8.97. The number of anilines is 1. The van der Waals surface area contributed by atoms with Gasteiger partial charge in [-0.05, 0) is 55.9 Å². The number of rotatable bonds is 5. The van der Waals surface area contributed by atoms with Crippen LogP contribution < -0.4 is 10.2 Å². The summed E-state index contributed by atoms with van der Waals surface area (Å²) in [6.07, 6.45) is 1.61. The zero-order chi connectivity index (χ0) is 22.7. The summed E-state index contributed by atoms with van der Waals surface area (Å²) in [6, 6.07) is 17.7. The second-order valence-electron chi connectivity index (χ2n) is 8.36. The Kier molecular flexibility index (Phi) is 5.96. The Balaban J connectivity index is 1.95. The lowest BCUT2D eigenvalue weighted by atomic mass is 10.0. The molecule has 2 heterocycles. The fourth-order valence-electron chi connectivity index (χ4n) is 3.52. The molecular formula is C24H23N5O2S. The highest BCUT2D eigenvalue weighted by Crippen LogP contribution is 2.34. The van der Waals surface area contributed by atoms with Crippen molar-refractivity contribution in [2.75, 3.05) is 4.90 Å². The SMILES string of the molecule is CC(C)(C)NC(=O)[C@H](c1ccccn1)N(C(=O)c1csnn1)c1cccc2ccccc12. The first kappa shape index (κ1) is 21.6. The van der Waals surface area contributed by atoms with Gasteiger partial charge in [0.05, 0.1) is 11.4 Å². The molecule has 4 rings (SSSR count). The summed E-state index contributed by atoms with van der Waals surface area (Å²) in [5.41, 5.74) is 0.728. The highest BCUT2D eigenvalue weighted by atomic mass is 32.1. The monoisotopic (exact) mass is 445 g/mol. The summed E-state index contributed by atoms with van der Waals surface area (Å²) in [5, 5.41) is 10.4. The van der Waals surface area contributed by atoms with E-state index in [4.69, 9.17) is 0 Å². The van der Waals surface area contributed by atoms with Gasteiger partial charge in [-0.2, -0.15) is 0 Å². The molecule has 0 aliphatic carbocycles. The molecule has 0 saturated carbocycles. The minimum Gasteiger partial charge on any atom is -0.349 e. The molecule has 0 fully saturated rings. The van der Waals surface area contributed by atoms with Crippen LogP contribution in [0.3, 0.4) is 0 Å². The maximum atomic E-state index is 13.8. The van der Waals surface area contributed by atoms with Gasteiger partial charge in [-0.1, -0.05) is 47.0 Å². The Labute approximate surface area is 190 Å². The molecule has 0 aliphatic heterocycles. The number of carbonyl (C=O) groups is 2. The van der Waals surface area contributed by atoms with Crippen molar-refractivity contribution in [2.24, 2.45) is 0 Å². The lowest BCUT2D eigenvalue weighted by molar-refractivity contribution is -0.124. The van der Waals surface area contributed by atoms with E-state index < -0.39 is 17.5 Å². The number of benzene rings is 2. The van der Waals surface area contributed by atoms with Crippen LogP contribution in [0.5, 0.6) is 0 Å². The van der Waals surface area contributed by atoms with Gasteiger partial charge in [0.25, 0.3) is 5.91 Å². The van der Waals surface area contributed by atoms with Crippen molar-refractivity contribution >= 4 is 39.8 Å². The predicted octanol–water partition coefficient (Wildman–Crippen LogP) is 4.39. The van der Waals surface area contributed by atoms with Crippen LogP contribution in [0.1, 0.15) is 43.0 Å². The molecule has 0 aliphatic rings. The number of hydrogen-bond acceptors (Lipinski definition) is 6. The second kappa shape index (κ2) is 8.84. The van der Waals surface area contributed by atoms with Crippen LogP contribution in [0, 0.1) is 0 Å². The zero-order valence-electron chi connectivity index (χ0n) is 18.0. The molecule has 0 saturated heterocycles. The molecule has 0 bridgehead atoms. The molecule has 1 atom stereocenters. The Bertz CT molecular complexity index is 1230. The summed E-state index contributed by atoms with van der Waals surface area (Å²) >= 11 is 1.09. The minimum absolute atomic E-state index is 0.174. The van der Waals surface area contributed by atoms with E-state index in [-0.39, 0.29) is 11.6 Å². The van der Waals surface area contributed by atoms with Crippen molar-refractivity contribution in [3.05, 3.63) is 83.6 Å². The van der Waals surface area contributed by atoms with E-state index in [1.165, 1.54) is 4.90 Å². The van der Waals surface area contributed by atoms with Crippen molar-refractivity contribution in [3.8, 4) is 0 Å². The van der Waals surface area contributed by atoms with Gasteiger partial charge < -0.3 is 5.32 Å². The molecular weight excluding hydrogens is 422 g/mol. The van der Waals surface area contributed by atoms with Crippen LogP contribution in [0.4, 0.5) is 5.69 Å². The molecule has 8 heteroatoms. The van der Waals surface area contributed by atoms with Crippen LogP contribution in [-0.4, -0.2) is 31.9 Å². The molecule has 7 nitrogen and oxygen atoms in total. The third-order valence-electron chi connectivity index (χ3n) is 4.80. The maximum Gasteiger partial charge on any atom is 0.280 e. The predicted molar refractivity (Wildman–Crippen MR) is 126 cm³/mol.